The van der Waals surface area contributed by atoms with Gasteiger partial charge in [-0.2, -0.15) is 0 Å². The molecule has 0 fully saturated rings. The molecule has 0 aliphatic carbocycles. The number of rotatable bonds is 3. The zero-order chi connectivity index (χ0) is 8.97. The van der Waals surface area contributed by atoms with Gasteiger partial charge in [0.1, 0.15) is 0 Å². The van der Waals surface area contributed by atoms with Gasteiger partial charge in [-0.15, -0.1) is 0 Å². The van der Waals surface area contributed by atoms with Crippen LogP contribution in [0.1, 0.15) is 18.2 Å². The van der Waals surface area contributed by atoms with Gasteiger partial charge in [-0.1, -0.05) is 6.07 Å². The molecule has 1 atom stereocenters. The lowest BCUT2D eigenvalue weighted by atomic mass is 10.1. The fourth-order valence-electron chi connectivity index (χ4n) is 1.12. The van der Waals surface area contributed by atoms with Crippen molar-refractivity contribution < 1.29 is 0 Å². The summed E-state index contributed by atoms with van der Waals surface area (Å²) in [5, 5.41) is 3.20. The van der Waals surface area contributed by atoms with Crippen LogP contribution < -0.4 is 5.32 Å². The van der Waals surface area contributed by atoms with Gasteiger partial charge in [-0.05, 0) is 32.5 Å². The van der Waals surface area contributed by atoms with Crippen LogP contribution in [0.25, 0.3) is 0 Å². The highest BCUT2D eigenvalue weighted by molar-refractivity contribution is 5.18. The Morgan fingerprint density at radius 1 is 1.58 bits per heavy atom. The van der Waals surface area contributed by atoms with Crippen molar-refractivity contribution in [3.8, 4) is 0 Å². The van der Waals surface area contributed by atoms with Gasteiger partial charge < -0.3 is 5.32 Å². The minimum absolute atomic E-state index is 0.499. The molecule has 0 amide bonds. The van der Waals surface area contributed by atoms with Crippen molar-refractivity contribution >= 4 is 0 Å². The average Bonchev–Trinajstić information content (AvgIpc) is 2.09. The second-order valence-electron chi connectivity index (χ2n) is 3.16. The van der Waals surface area contributed by atoms with Crippen molar-refractivity contribution in [3.63, 3.8) is 0 Å². The van der Waals surface area contributed by atoms with E-state index in [-0.39, 0.29) is 0 Å². The zero-order valence-corrected chi connectivity index (χ0v) is 7.96. The summed E-state index contributed by atoms with van der Waals surface area (Å²) in [5.41, 5.74) is 2.47. The first-order chi connectivity index (χ1) is 5.74. The molecular weight excluding hydrogens is 148 g/mol. The average molecular weight is 164 g/mol. The lowest BCUT2D eigenvalue weighted by molar-refractivity contribution is 0.599. The first-order valence-electron chi connectivity index (χ1n) is 4.31. The van der Waals surface area contributed by atoms with Crippen molar-refractivity contribution in [1.29, 1.82) is 0 Å². The first-order valence-corrected chi connectivity index (χ1v) is 4.31. The predicted molar refractivity (Wildman–Crippen MR) is 51.2 cm³/mol. The summed E-state index contributed by atoms with van der Waals surface area (Å²) in [6.45, 7) is 4.26. The lowest BCUT2D eigenvalue weighted by Gasteiger charge is -2.10. The van der Waals surface area contributed by atoms with E-state index in [9.17, 15) is 0 Å². The van der Waals surface area contributed by atoms with Crippen LogP contribution in [0.5, 0.6) is 0 Å². The minimum atomic E-state index is 0.499. The Kier molecular flexibility index (Phi) is 3.23. The summed E-state index contributed by atoms with van der Waals surface area (Å²) in [4.78, 5) is 4.33. The van der Waals surface area contributed by atoms with E-state index >= 15 is 0 Å². The van der Waals surface area contributed by atoms with Gasteiger partial charge in [0.25, 0.3) is 0 Å². The highest BCUT2D eigenvalue weighted by atomic mass is 14.9. The topological polar surface area (TPSA) is 24.9 Å². The first kappa shape index (κ1) is 9.20. The maximum Gasteiger partial charge on any atom is 0.0448 e. The number of hydrogen-bond donors (Lipinski definition) is 1. The largest absolute Gasteiger partial charge is 0.317 e. The summed E-state index contributed by atoms with van der Waals surface area (Å²) in [7, 11) is 1.98. The third-order valence-electron chi connectivity index (χ3n) is 2.11. The molecule has 12 heavy (non-hydrogen) atoms. The Bertz CT molecular complexity index is 245. The zero-order valence-electron chi connectivity index (χ0n) is 7.96. The molecule has 0 aliphatic heterocycles. The molecular formula is C10H16N2. The molecule has 0 saturated carbocycles. The molecule has 0 radical (unpaired) electrons. The number of nitrogens with zero attached hydrogens (tertiary/aromatic N) is 1. The molecule has 1 rings (SSSR count). The van der Waals surface area contributed by atoms with Crippen LogP contribution >= 0.6 is 0 Å². The maximum atomic E-state index is 4.33. The second kappa shape index (κ2) is 4.21. The minimum Gasteiger partial charge on any atom is -0.317 e. The smallest absolute Gasteiger partial charge is 0.0448 e. The molecule has 1 aromatic heterocycles. The number of nitrogens with one attached hydrogen (secondary N) is 1. The summed E-state index contributed by atoms with van der Waals surface area (Å²) >= 11 is 0. The number of aromatic nitrogens is 1. The van der Waals surface area contributed by atoms with Gasteiger partial charge in [0.05, 0.1) is 0 Å². The van der Waals surface area contributed by atoms with Crippen molar-refractivity contribution in [1.82, 2.24) is 10.3 Å². The van der Waals surface area contributed by atoms with Crippen molar-refractivity contribution in [2.24, 2.45) is 0 Å². The third kappa shape index (κ3) is 2.31. The summed E-state index contributed by atoms with van der Waals surface area (Å²) < 4.78 is 0. The summed E-state index contributed by atoms with van der Waals surface area (Å²) in [6, 6.07) is 4.58. The molecule has 0 saturated heterocycles. The van der Waals surface area contributed by atoms with E-state index < -0.39 is 0 Å². The van der Waals surface area contributed by atoms with E-state index in [0.29, 0.717) is 6.04 Å². The molecule has 1 N–H and O–H groups in total. The van der Waals surface area contributed by atoms with Crippen LogP contribution in [0.2, 0.25) is 0 Å². The van der Waals surface area contributed by atoms with Crippen LogP contribution in [0, 0.1) is 6.92 Å². The third-order valence-corrected chi connectivity index (χ3v) is 2.11. The van der Waals surface area contributed by atoms with E-state index in [1.165, 1.54) is 11.3 Å². The molecule has 1 heterocycles. The number of hydrogen-bond acceptors (Lipinski definition) is 2. The van der Waals surface area contributed by atoms with Gasteiger partial charge in [0.15, 0.2) is 0 Å². The number of pyridine rings is 1. The van der Waals surface area contributed by atoms with Crippen LogP contribution in [-0.4, -0.2) is 18.1 Å². The van der Waals surface area contributed by atoms with Gasteiger partial charge in [0.2, 0.25) is 0 Å². The van der Waals surface area contributed by atoms with E-state index in [2.05, 4.69) is 30.2 Å². The highest BCUT2D eigenvalue weighted by Crippen LogP contribution is 2.05. The molecule has 0 bridgehead atoms. The lowest BCUT2D eigenvalue weighted by Crippen LogP contribution is -2.24. The van der Waals surface area contributed by atoms with E-state index in [1.54, 1.807) is 0 Å². The van der Waals surface area contributed by atoms with E-state index in [1.807, 2.05) is 19.3 Å². The highest BCUT2D eigenvalue weighted by Gasteiger charge is 2.03. The summed E-state index contributed by atoms with van der Waals surface area (Å²) in [6.07, 6.45) is 2.86. The number of likely N-dealkylation sites (N-methyl/N-ethyl adjacent to an activating group) is 1. The standard InChI is InChI=1S/C10H16N2/c1-8-5-4-6-12-10(8)7-9(2)11-3/h4-6,9,11H,7H2,1-3H3/t9-/m0/s1. The van der Waals surface area contributed by atoms with Gasteiger partial charge in [-0.3, -0.25) is 4.98 Å². The Hall–Kier alpha value is -0.890. The van der Waals surface area contributed by atoms with Crippen LogP contribution in [0.15, 0.2) is 18.3 Å². The molecule has 2 nitrogen and oxygen atoms in total. The van der Waals surface area contributed by atoms with Crippen molar-refractivity contribution in [2.75, 3.05) is 7.05 Å². The molecule has 0 aromatic carbocycles. The molecule has 0 aliphatic rings. The quantitative estimate of drug-likeness (QED) is 0.733. The Balaban J connectivity index is 2.69. The van der Waals surface area contributed by atoms with E-state index in [0.717, 1.165) is 6.42 Å². The van der Waals surface area contributed by atoms with Crippen molar-refractivity contribution in [3.05, 3.63) is 29.6 Å². The Morgan fingerprint density at radius 2 is 2.33 bits per heavy atom. The Morgan fingerprint density at radius 3 is 2.92 bits per heavy atom. The molecule has 0 spiro atoms. The Labute approximate surface area is 74.0 Å². The second-order valence-corrected chi connectivity index (χ2v) is 3.16. The van der Waals surface area contributed by atoms with Crippen LogP contribution in [0.3, 0.4) is 0 Å². The monoisotopic (exact) mass is 164 g/mol. The fraction of sp³-hybridized carbons (Fsp3) is 0.500. The SMILES string of the molecule is CN[C@@H](C)Cc1ncccc1C. The fourth-order valence-corrected chi connectivity index (χ4v) is 1.12. The number of aryl methyl sites for hydroxylation is 1. The van der Waals surface area contributed by atoms with Crippen LogP contribution in [-0.2, 0) is 6.42 Å². The van der Waals surface area contributed by atoms with Gasteiger partial charge >= 0.3 is 0 Å². The molecule has 1 aromatic rings. The van der Waals surface area contributed by atoms with Crippen LogP contribution in [0.4, 0.5) is 0 Å². The van der Waals surface area contributed by atoms with E-state index in [4.69, 9.17) is 0 Å². The molecule has 0 unspecified atom stereocenters. The maximum absolute atomic E-state index is 4.33. The molecule has 2 heteroatoms. The van der Waals surface area contributed by atoms with Crippen molar-refractivity contribution in [2.45, 2.75) is 26.3 Å². The summed E-state index contributed by atoms with van der Waals surface area (Å²) in [5.74, 6) is 0. The van der Waals surface area contributed by atoms with Gasteiger partial charge in [-0.25, -0.2) is 0 Å². The normalized spacial score (nSPS) is 12.9. The predicted octanol–water partition coefficient (Wildman–Crippen LogP) is 1.54. The molecule has 66 valence electrons. The van der Waals surface area contributed by atoms with Gasteiger partial charge in [0, 0.05) is 24.4 Å².